The van der Waals surface area contributed by atoms with E-state index in [1.54, 1.807) is 6.07 Å². The fourth-order valence-electron chi connectivity index (χ4n) is 1.67. The lowest BCUT2D eigenvalue weighted by Crippen LogP contribution is -2.06. The summed E-state index contributed by atoms with van der Waals surface area (Å²) in [5.74, 6) is -1.15. The number of carboxylic acid groups (broad SMARTS) is 1. The highest BCUT2D eigenvalue weighted by Crippen LogP contribution is 2.29. The highest BCUT2D eigenvalue weighted by Gasteiger charge is 2.29. The van der Waals surface area contributed by atoms with Gasteiger partial charge in [0.2, 0.25) is 0 Å². The number of aromatic carboxylic acids is 1. The van der Waals surface area contributed by atoms with Gasteiger partial charge in [-0.1, -0.05) is 12.1 Å². The third-order valence-corrected chi connectivity index (χ3v) is 2.76. The zero-order valence-electron chi connectivity index (χ0n) is 10.7. The number of anilines is 1. The molecule has 1 heterocycles. The van der Waals surface area contributed by atoms with Gasteiger partial charge in [0.1, 0.15) is 5.69 Å². The molecule has 4 nitrogen and oxygen atoms in total. The zero-order valence-corrected chi connectivity index (χ0v) is 10.7. The Bertz CT molecular complexity index is 639. The number of hydrogen-bond acceptors (Lipinski definition) is 3. The van der Waals surface area contributed by atoms with Gasteiger partial charge in [-0.3, -0.25) is 0 Å². The van der Waals surface area contributed by atoms with E-state index in [4.69, 9.17) is 5.11 Å². The molecule has 0 amide bonds. The Morgan fingerprint density at radius 3 is 2.43 bits per heavy atom. The maximum absolute atomic E-state index is 12.4. The van der Waals surface area contributed by atoms with Crippen LogP contribution in [0.2, 0.25) is 0 Å². The molecule has 1 aromatic carbocycles. The van der Waals surface area contributed by atoms with Gasteiger partial charge in [-0.25, -0.2) is 9.78 Å². The summed E-state index contributed by atoms with van der Waals surface area (Å²) >= 11 is 0. The van der Waals surface area contributed by atoms with Crippen molar-refractivity contribution in [3.63, 3.8) is 0 Å². The average molecular weight is 296 g/mol. The minimum atomic E-state index is -4.35. The highest BCUT2D eigenvalue weighted by atomic mass is 19.4. The Hall–Kier alpha value is -2.57. The molecule has 0 unspecified atom stereocenters. The largest absolute Gasteiger partial charge is 0.477 e. The van der Waals surface area contributed by atoms with Crippen molar-refractivity contribution in [2.75, 3.05) is 5.32 Å². The summed E-state index contributed by atoms with van der Waals surface area (Å²) in [5.41, 5.74) is 0.370. The van der Waals surface area contributed by atoms with E-state index in [9.17, 15) is 18.0 Å². The van der Waals surface area contributed by atoms with Crippen molar-refractivity contribution in [1.29, 1.82) is 0 Å². The molecular weight excluding hydrogens is 285 g/mol. The van der Waals surface area contributed by atoms with E-state index in [1.165, 1.54) is 24.4 Å². The molecule has 0 saturated carbocycles. The first-order chi connectivity index (χ1) is 9.86. The molecule has 0 atom stereocenters. The van der Waals surface area contributed by atoms with Crippen molar-refractivity contribution in [2.24, 2.45) is 0 Å². The monoisotopic (exact) mass is 296 g/mol. The van der Waals surface area contributed by atoms with E-state index in [0.29, 0.717) is 11.3 Å². The number of alkyl halides is 3. The molecule has 2 aromatic rings. The minimum Gasteiger partial charge on any atom is -0.477 e. The Balaban J connectivity index is 2.03. The summed E-state index contributed by atoms with van der Waals surface area (Å²) in [4.78, 5) is 14.4. The number of halogens is 3. The lowest BCUT2D eigenvalue weighted by Gasteiger charge is -2.09. The number of hydrogen-bond donors (Lipinski definition) is 2. The highest BCUT2D eigenvalue weighted by molar-refractivity contribution is 5.86. The van der Waals surface area contributed by atoms with E-state index >= 15 is 0 Å². The van der Waals surface area contributed by atoms with Crippen molar-refractivity contribution < 1.29 is 23.1 Å². The summed E-state index contributed by atoms with van der Waals surface area (Å²) in [6.45, 7) is 0.279. The van der Waals surface area contributed by atoms with Crippen LogP contribution in [0.1, 0.15) is 21.6 Å². The zero-order chi connectivity index (χ0) is 15.5. The SMILES string of the molecule is O=C(O)c1cc(NCc2ccc(C(F)(F)F)cc2)ccn1. The number of rotatable bonds is 4. The van der Waals surface area contributed by atoms with Crippen molar-refractivity contribution in [3.05, 3.63) is 59.4 Å². The van der Waals surface area contributed by atoms with Crippen LogP contribution in [0.15, 0.2) is 42.6 Å². The number of aromatic nitrogens is 1. The average Bonchev–Trinajstić information content (AvgIpc) is 2.45. The van der Waals surface area contributed by atoms with Crippen molar-refractivity contribution in [3.8, 4) is 0 Å². The number of nitrogens with zero attached hydrogens (tertiary/aromatic N) is 1. The summed E-state index contributed by atoms with van der Waals surface area (Å²) in [6, 6.07) is 7.69. The lowest BCUT2D eigenvalue weighted by atomic mass is 10.1. The van der Waals surface area contributed by atoms with E-state index in [-0.39, 0.29) is 12.2 Å². The van der Waals surface area contributed by atoms with Gasteiger partial charge in [-0.15, -0.1) is 0 Å². The molecule has 0 radical (unpaired) electrons. The van der Waals surface area contributed by atoms with Crippen LogP contribution in [-0.4, -0.2) is 16.1 Å². The first-order valence-electron chi connectivity index (χ1n) is 5.95. The third-order valence-electron chi connectivity index (χ3n) is 2.76. The van der Waals surface area contributed by atoms with Gasteiger partial charge >= 0.3 is 12.1 Å². The summed E-state index contributed by atoms with van der Waals surface area (Å²) < 4.78 is 37.2. The van der Waals surface area contributed by atoms with Crippen LogP contribution in [0.4, 0.5) is 18.9 Å². The van der Waals surface area contributed by atoms with Crippen molar-refractivity contribution in [1.82, 2.24) is 4.98 Å². The molecule has 2 rings (SSSR count). The second kappa shape index (κ2) is 5.82. The second-order valence-corrected chi connectivity index (χ2v) is 4.28. The molecule has 0 saturated heterocycles. The molecule has 0 spiro atoms. The van der Waals surface area contributed by atoms with Crippen molar-refractivity contribution in [2.45, 2.75) is 12.7 Å². The van der Waals surface area contributed by atoms with E-state index < -0.39 is 17.7 Å². The first-order valence-corrected chi connectivity index (χ1v) is 5.95. The number of pyridine rings is 1. The molecule has 110 valence electrons. The molecule has 7 heteroatoms. The van der Waals surface area contributed by atoms with Gasteiger partial charge < -0.3 is 10.4 Å². The Morgan fingerprint density at radius 1 is 1.19 bits per heavy atom. The van der Waals surface area contributed by atoms with E-state index in [0.717, 1.165) is 12.1 Å². The fourth-order valence-corrected chi connectivity index (χ4v) is 1.67. The summed E-state index contributed by atoms with van der Waals surface area (Å²) in [7, 11) is 0. The molecule has 0 aliphatic rings. The maximum Gasteiger partial charge on any atom is 0.416 e. The molecular formula is C14H11F3N2O2. The molecule has 21 heavy (non-hydrogen) atoms. The molecule has 0 aliphatic carbocycles. The third kappa shape index (κ3) is 3.95. The smallest absolute Gasteiger partial charge is 0.416 e. The normalized spacial score (nSPS) is 11.2. The first kappa shape index (κ1) is 14.8. The topological polar surface area (TPSA) is 62.2 Å². The Morgan fingerprint density at radius 2 is 1.86 bits per heavy atom. The van der Waals surface area contributed by atoms with Crippen LogP contribution in [0.3, 0.4) is 0 Å². The van der Waals surface area contributed by atoms with Gasteiger partial charge in [-0.05, 0) is 29.8 Å². The van der Waals surface area contributed by atoms with Gasteiger partial charge in [-0.2, -0.15) is 13.2 Å². The summed E-state index contributed by atoms with van der Waals surface area (Å²) in [5, 5.41) is 11.7. The van der Waals surface area contributed by atoms with Crippen molar-refractivity contribution >= 4 is 11.7 Å². The maximum atomic E-state index is 12.4. The number of carbonyl (C=O) groups is 1. The van der Waals surface area contributed by atoms with Gasteiger partial charge in [0.15, 0.2) is 0 Å². The summed E-state index contributed by atoms with van der Waals surface area (Å²) in [6.07, 6.45) is -3.01. The number of carboxylic acids is 1. The van der Waals surface area contributed by atoms with E-state index in [1.807, 2.05) is 0 Å². The van der Waals surface area contributed by atoms with Gasteiger partial charge in [0.25, 0.3) is 0 Å². The number of nitrogens with one attached hydrogen (secondary N) is 1. The molecule has 2 N–H and O–H groups in total. The quantitative estimate of drug-likeness (QED) is 0.907. The van der Waals surface area contributed by atoms with Crippen LogP contribution in [0, 0.1) is 0 Å². The number of benzene rings is 1. The standard InChI is InChI=1S/C14H11F3N2O2/c15-14(16,17)10-3-1-9(2-4-10)8-19-11-5-6-18-12(7-11)13(20)21/h1-7H,8H2,(H,18,19)(H,20,21). The Kier molecular flexibility index (Phi) is 4.11. The predicted molar refractivity (Wildman–Crippen MR) is 70.0 cm³/mol. The fraction of sp³-hybridized carbons (Fsp3) is 0.143. The molecule has 0 bridgehead atoms. The molecule has 0 fully saturated rings. The van der Waals surface area contributed by atoms with E-state index in [2.05, 4.69) is 10.3 Å². The minimum absolute atomic E-state index is 0.104. The Labute approximate surface area is 118 Å². The molecule has 1 aromatic heterocycles. The van der Waals surface area contributed by atoms with Crippen LogP contribution in [-0.2, 0) is 12.7 Å². The predicted octanol–water partition coefficient (Wildman–Crippen LogP) is 3.41. The van der Waals surface area contributed by atoms with Gasteiger partial charge in [0.05, 0.1) is 5.56 Å². The van der Waals surface area contributed by atoms with Crippen LogP contribution < -0.4 is 5.32 Å². The molecule has 0 aliphatic heterocycles. The van der Waals surface area contributed by atoms with Crippen LogP contribution in [0.5, 0.6) is 0 Å². The van der Waals surface area contributed by atoms with Gasteiger partial charge in [0, 0.05) is 18.4 Å². The second-order valence-electron chi connectivity index (χ2n) is 4.28. The lowest BCUT2D eigenvalue weighted by molar-refractivity contribution is -0.137. The van der Waals surface area contributed by atoms with Crippen LogP contribution >= 0.6 is 0 Å². The van der Waals surface area contributed by atoms with Crippen LogP contribution in [0.25, 0.3) is 0 Å².